The number of aliphatic hydroxyl groups is 1. The molecule has 112 valence electrons. The summed E-state index contributed by atoms with van der Waals surface area (Å²) >= 11 is 17.8. The fraction of sp³-hybridized carbons (Fsp3) is 0.0769. The van der Waals surface area contributed by atoms with Crippen molar-refractivity contribution in [1.29, 1.82) is 0 Å². The van der Waals surface area contributed by atoms with Crippen LogP contribution in [-0.2, 0) is 10.1 Å². The molecular formula is C13H9Cl3O4S. The normalized spacial score (nSPS) is 13.2. The molecule has 0 heterocycles. The van der Waals surface area contributed by atoms with Crippen LogP contribution in [0.5, 0.6) is 0 Å². The number of aliphatic hydroxyl groups excluding tert-OH is 1. The van der Waals surface area contributed by atoms with Crippen molar-refractivity contribution in [3.63, 3.8) is 0 Å². The van der Waals surface area contributed by atoms with Crippen molar-refractivity contribution in [2.45, 2.75) is 11.0 Å². The van der Waals surface area contributed by atoms with Gasteiger partial charge in [0.05, 0.1) is 14.9 Å². The van der Waals surface area contributed by atoms with Gasteiger partial charge in [0.1, 0.15) is 6.10 Å². The number of halogens is 3. The lowest BCUT2D eigenvalue weighted by molar-refractivity contribution is 0.217. The van der Waals surface area contributed by atoms with Gasteiger partial charge in [0.25, 0.3) is 10.1 Å². The van der Waals surface area contributed by atoms with E-state index >= 15 is 0 Å². The van der Waals surface area contributed by atoms with Gasteiger partial charge in [0, 0.05) is 16.1 Å². The lowest BCUT2D eigenvalue weighted by Gasteiger charge is -2.16. The number of hydrogen-bond acceptors (Lipinski definition) is 3. The zero-order valence-electron chi connectivity index (χ0n) is 10.3. The van der Waals surface area contributed by atoms with Crippen LogP contribution in [0.15, 0.2) is 41.3 Å². The van der Waals surface area contributed by atoms with Crippen molar-refractivity contribution < 1.29 is 18.1 Å². The van der Waals surface area contributed by atoms with E-state index in [1.54, 1.807) is 0 Å². The first-order chi connectivity index (χ1) is 9.71. The third-order valence-corrected chi connectivity index (χ3v) is 4.77. The maximum absolute atomic E-state index is 11.4. The fourth-order valence-electron chi connectivity index (χ4n) is 1.88. The van der Waals surface area contributed by atoms with Crippen LogP contribution >= 0.6 is 34.8 Å². The first kappa shape index (κ1) is 16.5. The van der Waals surface area contributed by atoms with E-state index in [1.165, 1.54) is 36.4 Å². The highest BCUT2D eigenvalue weighted by atomic mass is 35.5. The molecule has 0 aliphatic rings. The number of rotatable bonds is 3. The van der Waals surface area contributed by atoms with Gasteiger partial charge in [-0.25, -0.2) is 0 Å². The van der Waals surface area contributed by atoms with Gasteiger partial charge in [-0.1, -0.05) is 53.0 Å². The van der Waals surface area contributed by atoms with Gasteiger partial charge in [0.2, 0.25) is 0 Å². The van der Waals surface area contributed by atoms with Crippen molar-refractivity contribution in [3.8, 4) is 0 Å². The summed E-state index contributed by atoms with van der Waals surface area (Å²) in [4.78, 5) is -0.412. The largest absolute Gasteiger partial charge is 0.384 e. The zero-order chi connectivity index (χ0) is 15.8. The predicted molar refractivity (Wildman–Crippen MR) is 81.8 cm³/mol. The summed E-state index contributed by atoms with van der Waals surface area (Å²) in [6, 6.07) is 8.25. The molecular weight excluding hydrogens is 359 g/mol. The van der Waals surface area contributed by atoms with Gasteiger partial charge in [0.15, 0.2) is 0 Å². The van der Waals surface area contributed by atoms with Crippen LogP contribution in [0.2, 0.25) is 15.1 Å². The highest BCUT2D eigenvalue weighted by molar-refractivity contribution is 7.85. The Balaban J connectivity index is 2.64. The molecule has 4 nitrogen and oxygen atoms in total. The Morgan fingerprint density at radius 1 is 1.00 bits per heavy atom. The SMILES string of the molecule is O=S(=O)(O)c1ccccc1C(O)c1cc(Cl)cc(Cl)c1Cl. The smallest absolute Gasteiger partial charge is 0.294 e. The van der Waals surface area contributed by atoms with E-state index in [0.717, 1.165) is 0 Å². The highest BCUT2D eigenvalue weighted by Crippen LogP contribution is 2.37. The monoisotopic (exact) mass is 366 g/mol. The number of hydrogen-bond donors (Lipinski definition) is 2. The van der Waals surface area contributed by atoms with Crippen LogP contribution in [0.4, 0.5) is 0 Å². The Morgan fingerprint density at radius 2 is 1.62 bits per heavy atom. The molecule has 0 saturated heterocycles. The Labute approximate surface area is 136 Å². The molecule has 0 saturated carbocycles. The van der Waals surface area contributed by atoms with E-state index in [0.29, 0.717) is 0 Å². The van der Waals surface area contributed by atoms with Crippen LogP contribution < -0.4 is 0 Å². The minimum Gasteiger partial charge on any atom is -0.384 e. The molecule has 2 N–H and O–H groups in total. The number of benzene rings is 2. The minimum atomic E-state index is -4.49. The van der Waals surface area contributed by atoms with E-state index in [-0.39, 0.29) is 26.2 Å². The summed E-state index contributed by atoms with van der Waals surface area (Å²) in [6.45, 7) is 0. The second-order valence-electron chi connectivity index (χ2n) is 4.21. The molecule has 0 fully saturated rings. The Bertz CT molecular complexity index is 790. The molecule has 2 aromatic carbocycles. The van der Waals surface area contributed by atoms with E-state index < -0.39 is 21.1 Å². The maximum Gasteiger partial charge on any atom is 0.294 e. The van der Waals surface area contributed by atoms with Crippen LogP contribution in [0.1, 0.15) is 17.2 Å². The van der Waals surface area contributed by atoms with Gasteiger partial charge in [-0.15, -0.1) is 0 Å². The second-order valence-corrected chi connectivity index (χ2v) is 6.82. The minimum absolute atomic E-state index is 0.0276. The van der Waals surface area contributed by atoms with E-state index in [1.807, 2.05) is 0 Å². The molecule has 0 aliphatic carbocycles. The van der Waals surface area contributed by atoms with E-state index in [2.05, 4.69) is 0 Å². The van der Waals surface area contributed by atoms with Crippen LogP contribution in [0, 0.1) is 0 Å². The quantitative estimate of drug-likeness (QED) is 0.636. The summed E-state index contributed by atoms with van der Waals surface area (Å²) in [5, 5.41) is 10.8. The lowest BCUT2D eigenvalue weighted by atomic mass is 10.0. The van der Waals surface area contributed by atoms with Gasteiger partial charge in [-0.3, -0.25) is 4.55 Å². The molecule has 21 heavy (non-hydrogen) atoms. The summed E-state index contributed by atoms with van der Waals surface area (Å²) < 4.78 is 32.0. The van der Waals surface area contributed by atoms with Crippen LogP contribution in [0.3, 0.4) is 0 Å². The summed E-state index contributed by atoms with van der Waals surface area (Å²) in [5.74, 6) is 0. The average Bonchev–Trinajstić information content (AvgIpc) is 2.41. The molecule has 0 amide bonds. The molecule has 0 aromatic heterocycles. The Kier molecular flexibility index (Phi) is 4.82. The highest BCUT2D eigenvalue weighted by Gasteiger charge is 2.24. The summed E-state index contributed by atoms with van der Waals surface area (Å²) in [7, 11) is -4.49. The first-order valence-electron chi connectivity index (χ1n) is 5.60. The molecule has 2 aromatic rings. The van der Waals surface area contributed by atoms with Crippen molar-refractivity contribution >= 4 is 44.9 Å². The lowest BCUT2D eigenvalue weighted by Crippen LogP contribution is -2.09. The Morgan fingerprint density at radius 3 is 2.24 bits per heavy atom. The Hall–Kier alpha value is -0.820. The molecule has 0 radical (unpaired) electrons. The zero-order valence-corrected chi connectivity index (χ0v) is 13.4. The van der Waals surface area contributed by atoms with Gasteiger partial charge in [-0.2, -0.15) is 8.42 Å². The second kappa shape index (κ2) is 6.12. The van der Waals surface area contributed by atoms with Crippen LogP contribution in [0.25, 0.3) is 0 Å². The average molecular weight is 368 g/mol. The molecule has 0 spiro atoms. The third-order valence-electron chi connectivity index (χ3n) is 2.81. The molecule has 0 bridgehead atoms. The van der Waals surface area contributed by atoms with Crippen molar-refractivity contribution in [2.24, 2.45) is 0 Å². The first-order valence-corrected chi connectivity index (χ1v) is 8.18. The third kappa shape index (κ3) is 3.51. The summed E-state index contributed by atoms with van der Waals surface area (Å²) in [6.07, 6.45) is -1.41. The maximum atomic E-state index is 11.4. The van der Waals surface area contributed by atoms with Crippen LogP contribution in [-0.4, -0.2) is 18.1 Å². The molecule has 1 unspecified atom stereocenters. The fourth-order valence-corrected chi connectivity index (χ4v) is 3.33. The van der Waals surface area contributed by atoms with Crippen molar-refractivity contribution in [1.82, 2.24) is 0 Å². The van der Waals surface area contributed by atoms with E-state index in [4.69, 9.17) is 34.8 Å². The van der Waals surface area contributed by atoms with Gasteiger partial charge in [-0.05, 0) is 18.2 Å². The topological polar surface area (TPSA) is 74.6 Å². The van der Waals surface area contributed by atoms with Gasteiger partial charge >= 0.3 is 0 Å². The van der Waals surface area contributed by atoms with Crippen molar-refractivity contribution in [2.75, 3.05) is 0 Å². The predicted octanol–water partition coefficient (Wildman–Crippen LogP) is 3.98. The summed E-state index contributed by atoms with van der Waals surface area (Å²) in [5.41, 5.74) is 0.116. The molecule has 1 atom stereocenters. The molecule has 2 rings (SSSR count). The van der Waals surface area contributed by atoms with Crippen molar-refractivity contribution in [3.05, 3.63) is 62.6 Å². The van der Waals surface area contributed by atoms with Gasteiger partial charge < -0.3 is 5.11 Å². The molecule has 8 heteroatoms. The standard InChI is InChI=1S/C13H9Cl3O4S/c14-7-5-9(12(16)10(15)6-7)13(17)8-3-1-2-4-11(8)21(18,19)20/h1-6,13,17H,(H,18,19,20). The molecule has 0 aliphatic heterocycles. The van der Waals surface area contributed by atoms with E-state index in [9.17, 15) is 18.1 Å².